The third kappa shape index (κ3) is 1.90. The first kappa shape index (κ1) is 11.0. The van der Waals surface area contributed by atoms with Crippen LogP contribution in [0.5, 0.6) is 0 Å². The van der Waals surface area contributed by atoms with Crippen LogP contribution in [-0.2, 0) is 0 Å². The van der Waals surface area contributed by atoms with Gasteiger partial charge >= 0.3 is 0 Å². The van der Waals surface area contributed by atoms with Crippen LogP contribution < -0.4 is 10.6 Å². The number of hydrogen-bond acceptors (Lipinski definition) is 4. The predicted octanol–water partition coefficient (Wildman–Crippen LogP) is 2.87. The highest BCUT2D eigenvalue weighted by atomic mass is 32.1. The number of rotatable bonds is 2. The van der Waals surface area contributed by atoms with E-state index in [1.54, 1.807) is 11.3 Å². The molecule has 2 aromatic rings. The van der Waals surface area contributed by atoms with Gasteiger partial charge in [0.25, 0.3) is 5.91 Å². The van der Waals surface area contributed by atoms with E-state index < -0.39 is 0 Å². The fourth-order valence-electron chi connectivity index (χ4n) is 2.31. The first-order chi connectivity index (χ1) is 9.31. The highest BCUT2D eigenvalue weighted by molar-refractivity contribution is 7.09. The topological polar surface area (TPSA) is 54.0 Å². The normalized spacial score (nSPS) is 21.5. The molecule has 1 aromatic carbocycles. The van der Waals surface area contributed by atoms with Gasteiger partial charge in [-0.05, 0) is 25.0 Å². The van der Waals surface area contributed by atoms with Crippen LogP contribution in [0.3, 0.4) is 0 Å². The zero-order valence-corrected chi connectivity index (χ0v) is 11.0. The maximum Gasteiger partial charge on any atom is 0.255 e. The minimum Gasteiger partial charge on any atom is -0.360 e. The summed E-state index contributed by atoms with van der Waals surface area (Å²) in [5, 5.41) is 9.52. The number of amides is 1. The number of anilines is 1. The molecule has 1 amide bonds. The molecule has 1 aromatic heterocycles. The standard InChI is InChI=1S/C14H13N3OS/c18-13-9-3-1-2-4-10(9)15-12(17-13)11-7-19-14(16-11)8-5-6-8/h1-4,7-8,12,15H,5-6H2,(H,17,18). The second-order valence-electron chi connectivity index (χ2n) is 4.98. The van der Waals surface area contributed by atoms with Crippen molar-refractivity contribution < 1.29 is 4.79 Å². The summed E-state index contributed by atoms with van der Waals surface area (Å²) in [5.74, 6) is 0.616. The Bertz CT molecular complexity index is 648. The first-order valence-electron chi connectivity index (χ1n) is 6.43. The average molecular weight is 271 g/mol. The summed E-state index contributed by atoms with van der Waals surface area (Å²) in [6.07, 6.45) is 2.28. The van der Waals surface area contributed by atoms with Gasteiger partial charge in [-0.2, -0.15) is 0 Å². The summed E-state index contributed by atoms with van der Waals surface area (Å²) in [6.45, 7) is 0. The lowest BCUT2D eigenvalue weighted by Gasteiger charge is -2.26. The van der Waals surface area contributed by atoms with Crippen molar-refractivity contribution in [3.05, 3.63) is 45.9 Å². The predicted molar refractivity (Wildman–Crippen MR) is 74.4 cm³/mol. The maximum absolute atomic E-state index is 12.0. The average Bonchev–Trinajstić information content (AvgIpc) is 3.16. The van der Waals surface area contributed by atoms with E-state index in [9.17, 15) is 4.79 Å². The molecule has 4 rings (SSSR count). The molecule has 2 N–H and O–H groups in total. The van der Waals surface area contributed by atoms with Crippen molar-refractivity contribution in [3.8, 4) is 0 Å². The SMILES string of the molecule is O=C1NC(c2csc(C3CC3)n2)Nc2ccccc21. The molecule has 96 valence electrons. The van der Waals surface area contributed by atoms with Crippen molar-refractivity contribution >= 4 is 22.9 Å². The molecule has 1 saturated carbocycles. The monoisotopic (exact) mass is 271 g/mol. The van der Waals surface area contributed by atoms with Gasteiger partial charge in [-0.25, -0.2) is 4.98 Å². The molecular weight excluding hydrogens is 258 g/mol. The third-order valence-electron chi connectivity index (χ3n) is 3.51. The lowest BCUT2D eigenvalue weighted by Crippen LogP contribution is -2.38. The fourth-order valence-corrected chi connectivity index (χ4v) is 3.32. The Labute approximate surface area is 114 Å². The Morgan fingerprint density at radius 2 is 2.05 bits per heavy atom. The van der Waals surface area contributed by atoms with Gasteiger partial charge in [0.1, 0.15) is 6.17 Å². The van der Waals surface area contributed by atoms with Crippen LogP contribution in [0, 0.1) is 0 Å². The maximum atomic E-state index is 12.0. The molecule has 1 unspecified atom stereocenters. The lowest BCUT2D eigenvalue weighted by molar-refractivity contribution is 0.0935. The fraction of sp³-hybridized carbons (Fsp3) is 0.286. The molecule has 1 fully saturated rings. The number of para-hydroxylation sites is 1. The van der Waals surface area contributed by atoms with Crippen LogP contribution in [0.1, 0.15) is 46.0 Å². The molecule has 19 heavy (non-hydrogen) atoms. The first-order valence-corrected chi connectivity index (χ1v) is 7.31. The van der Waals surface area contributed by atoms with E-state index in [2.05, 4.69) is 15.6 Å². The van der Waals surface area contributed by atoms with E-state index in [0.717, 1.165) is 11.4 Å². The number of carbonyl (C=O) groups is 1. The molecule has 1 atom stereocenters. The van der Waals surface area contributed by atoms with Gasteiger partial charge < -0.3 is 10.6 Å². The van der Waals surface area contributed by atoms with Crippen LogP contribution in [-0.4, -0.2) is 10.9 Å². The smallest absolute Gasteiger partial charge is 0.255 e. The van der Waals surface area contributed by atoms with Crippen molar-refractivity contribution in [2.45, 2.75) is 24.9 Å². The molecule has 5 heteroatoms. The van der Waals surface area contributed by atoms with Gasteiger partial charge in [0, 0.05) is 17.0 Å². The molecule has 2 aliphatic rings. The molecular formula is C14H13N3OS. The number of aromatic nitrogens is 1. The summed E-state index contributed by atoms with van der Waals surface area (Å²) >= 11 is 1.69. The zero-order valence-electron chi connectivity index (χ0n) is 10.2. The van der Waals surface area contributed by atoms with Crippen LogP contribution in [0.25, 0.3) is 0 Å². The summed E-state index contributed by atoms with van der Waals surface area (Å²) in [4.78, 5) is 16.7. The highest BCUT2D eigenvalue weighted by Gasteiger charge is 2.30. The van der Waals surface area contributed by atoms with E-state index in [0.29, 0.717) is 11.5 Å². The lowest BCUT2D eigenvalue weighted by atomic mass is 10.1. The molecule has 1 aliphatic heterocycles. The second kappa shape index (κ2) is 4.06. The van der Waals surface area contributed by atoms with E-state index in [-0.39, 0.29) is 12.1 Å². The van der Waals surface area contributed by atoms with Crippen LogP contribution in [0.15, 0.2) is 29.6 Å². The Morgan fingerprint density at radius 3 is 2.89 bits per heavy atom. The number of hydrogen-bond donors (Lipinski definition) is 2. The van der Waals surface area contributed by atoms with Crippen LogP contribution >= 0.6 is 11.3 Å². The van der Waals surface area contributed by atoms with E-state index >= 15 is 0 Å². The Hall–Kier alpha value is -1.88. The molecule has 0 saturated heterocycles. The van der Waals surface area contributed by atoms with E-state index in [1.807, 2.05) is 29.6 Å². The number of carbonyl (C=O) groups excluding carboxylic acids is 1. The largest absolute Gasteiger partial charge is 0.360 e. The minimum absolute atomic E-state index is 0.0414. The Morgan fingerprint density at radius 1 is 1.21 bits per heavy atom. The summed E-state index contributed by atoms with van der Waals surface area (Å²) < 4.78 is 0. The van der Waals surface area contributed by atoms with E-state index in [1.165, 1.54) is 17.8 Å². The molecule has 0 bridgehead atoms. The molecule has 4 nitrogen and oxygen atoms in total. The number of thiazole rings is 1. The van der Waals surface area contributed by atoms with Crippen molar-refractivity contribution in [3.63, 3.8) is 0 Å². The van der Waals surface area contributed by atoms with Crippen LogP contribution in [0.4, 0.5) is 5.69 Å². The minimum atomic E-state index is -0.217. The number of fused-ring (bicyclic) bond motifs is 1. The quantitative estimate of drug-likeness (QED) is 0.883. The van der Waals surface area contributed by atoms with Crippen molar-refractivity contribution in [1.29, 1.82) is 0 Å². The van der Waals surface area contributed by atoms with Crippen molar-refractivity contribution in [1.82, 2.24) is 10.3 Å². The molecule has 2 heterocycles. The van der Waals surface area contributed by atoms with Gasteiger partial charge in [0.15, 0.2) is 0 Å². The van der Waals surface area contributed by atoms with Gasteiger partial charge in [-0.1, -0.05) is 12.1 Å². The highest BCUT2D eigenvalue weighted by Crippen LogP contribution is 2.42. The Balaban J connectivity index is 1.64. The van der Waals surface area contributed by atoms with Crippen molar-refractivity contribution in [2.24, 2.45) is 0 Å². The van der Waals surface area contributed by atoms with Gasteiger partial charge in [-0.3, -0.25) is 4.79 Å². The molecule has 0 spiro atoms. The summed E-state index contributed by atoms with van der Waals surface area (Å²) in [7, 11) is 0. The summed E-state index contributed by atoms with van der Waals surface area (Å²) in [5.41, 5.74) is 2.48. The van der Waals surface area contributed by atoms with E-state index in [4.69, 9.17) is 0 Å². The third-order valence-corrected chi connectivity index (χ3v) is 4.53. The van der Waals surface area contributed by atoms with Gasteiger partial charge in [0.05, 0.1) is 16.3 Å². The van der Waals surface area contributed by atoms with Gasteiger partial charge in [0.2, 0.25) is 0 Å². The Kier molecular flexibility index (Phi) is 2.35. The van der Waals surface area contributed by atoms with Gasteiger partial charge in [-0.15, -0.1) is 11.3 Å². The summed E-state index contributed by atoms with van der Waals surface area (Å²) in [6, 6.07) is 7.55. The second-order valence-corrected chi connectivity index (χ2v) is 5.87. The van der Waals surface area contributed by atoms with Crippen molar-refractivity contribution in [2.75, 3.05) is 5.32 Å². The molecule has 0 radical (unpaired) electrons. The number of nitrogens with one attached hydrogen (secondary N) is 2. The zero-order chi connectivity index (χ0) is 12.8. The number of nitrogens with zero attached hydrogens (tertiary/aromatic N) is 1. The van der Waals surface area contributed by atoms with Crippen LogP contribution in [0.2, 0.25) is 0 Å². The molecule has 1 aliphatic carbocycles. The number of benzene rings is 1.